The normalized spacial score (nSPS) is 15.2. The second kappa shape index (κ2) is 8.70. The summed E-state index contributed by atoms with van der Waals surface area (Å²) in [6, 6.07) is 16.0. The van der Waals surface area contributed by atoms with E-state index < -0.39 is 0 Å². The van der Waals surface area contributed by atoms with Gasteiger partial charge in [0.05, 0.1) is 23.7 Å². The molecule has 0 saturated heterocycles. The van der Waals surface area contributed by atoms with Gasteiger partial charge in [0.25, 0.3) is 5.95 Å². The van der Waals surface area contributed by atoms with Crippen LogP contribution in [0.3, 0.4) is 0 Å². The maximum Gasteiger partial charge on any atom is 0.272 e. The summed E-state index contributed by atoms with van der Waals surface area (Å²) in [5.41, 5.74) is 5.59. The Kier molecular flexibility index (Phi) is 5.57. The third kappa shape index (κ3) is 4.14. The molecule has 2 aromatic heterocycles. The van der Waals surface area contributed by atoms with Crippen molar-refractivity contribution in [2.45, 2.75) is 46.1 Å². The number of carbonyl (C=O) groups is 1. The molecule has 0 fully saturated rings. The van der Waals surface area contributed by atoms with Crippen LogP contribution in [0.2, 0.25) is 0 Å². The average Bonchev–Trinajstić information content (AvgIpc) is 3.15. The highest BCUT2D eigenvalue weighted by Crippen LogP contribution is 2.40. The molecule has 0 bridgehead atoms. The van der Waals surface area contributed by atoms with Gasteiger partial charge in [-0.2, -0.15) is 14.9 Å². The lowest BCUT2D eigenvalue weighted by atomic mass is 9.86. The number of aromatic nitrogens is 5. The minimum absolute atomic E-state index is 0.0798. The molecule has 4 aromatic rings. The molecule has 1 aliphatic rings. The standard InChI is InChI=1S/C26H26N6O2/c1-15(2)34-20-11-9-18(10-12-20)21-13-23(33)29-25-24(21)17(4)31-32(25)26-28-22(14-27-30-26)19-7-5-16(3)6-8-19/h5-12,14-15,21H,13H2,1-4H3,(H,29,33). The van der Waals surface area contributed by atoms with E-state index in [0.29, 0.717) is 23.9 Å². The van der Waals surface area contributed by atoms with Gasteiger partial charge in [-0.15, -0.1) is 5.10 Å². The number of benzene rings is 2. The van der Waals surface area contributed by atoms with Gasteiger partial charge in [-0.05, 0) is 45.4 Å². The first-order valence-corrected chi connectivity index (χ1v) is 11.3. The van der Waals surface area contributed by atoms with Gasteiger partial charge in [0.2, 0.25) is 5.91 Å². The van der Waals surface area contributed by atoms with Crippen molar-refractivity contribution in [3.63, 3.8) is 0 Å². The van der Waals surface area contributed by atoms with Crippen molar-refractivity contribution in [3.8, 4) is 23.0 Å². The molecule has 172 valence electrons. The molecule has 8 heteroatoms. The van der Waals surface area contributed by atoms with Gasteiger partial charge in [-0.3, -0.25) is 4.79 Å². The zero-order valence-corrected chi connectivity index (χ0v) is 19.6. The van der Waals surface area contributed by atoms with Crippen molar-refractivity contribution < 1.29 is 9.53 Å². The Hall–Kier alpha value is -4.07. The molecule has 5 rings (SSSR count). The van der Waals surface area contributed by atoms with E-state index in [-0.39, 0.29) is 17.9 Å². The van der Waals surface area contributed by atoms with Gasteiger partial charge in [0.15, 0.2) is 0 Å². The number of ether oxygens (including phenoxy) is 1. The van der Waals surface area contributed by atoms with Crippen LogP contribution >= 0.6 is 0 Å². The molecule has 1 aliphatic heterocycles. The van der Waals surface area contributed by atoms with Crippen molar-refractivity contribution in [3.05, 3.63) is 77.1 Å². The molecule has 0 spiro atoms. The number of anilines is 1. The number of rotatable bonds is 5. The quantitative estimate of drug-likeness (QED) is 0.473. The number of fused-ring (bicyclic) bond motifs is 1. The van der Waals surface area contributed by atoms with Crippen LogP contribution in [0.1, 0.15) is 48.6 Å². The molecule has 1 amide bonds. The number of nitrogens with one attached hydrogen (secondary N) is 1. The lowest BCUT2D eigenvalue weighted by molar-refractivity contribution is -0.116. The summed E-state index contributed by atoms with van der Waals surface area (Å²) < 4.78 is 7.35. The van der Waals surface area contributed by atoms with Crippen molar-refractivity contribution in [2.75, 3.05) is 5.32 Å². The lowest BCUT2D eigenvalue weighted by Gasteiger charge is -2.24. The van der Waals surface area contributed by atoms with Gasteiger partial charge >= 0.3 is 0 Å². The summed E-state index contributed by atoms with van der Waals surface area (Å²) in [5, 5.41) is 16.0. The van der Waals surface area contributed by atoms with Gasteiger partial charge in [0.1, 0.15) is 11.6 Å². The summed E-state index contributed by atoms with van der Waals surface area (Å²) in [6.07, 6.45) is 2.06. The number of carbonyl (C=O) groups excluding carboxylic acids is 1. The first-order chi connectivity index (χ1) is 16.4. The van der Waals surface area contributed by atoms with E-state index in [1.165, 1.54) is 5.56 Å². The first-order valence-electron chi connectivity index (χ1n) is 11.3. The SMILES string of the molecule is Cc1ccc(-c2cnnc(-n3nc(C)c4c3NC(=O)CC4c3ccc(OC(C)C)cc3)n2)cc1. The molecule has 1 atom stereocenters. The van der Waals surface area contributed by atoms with Gasteiger partial charge in [-0.25, -0.2) is 4.98 Å². The Morgan fingerprint density at radius 3 is 2.50 bits per heavy atom. The number of nitrogens with zero attached hydrogens (tertiary/aromatic N) is 5. The highest BCUT2D eigenvalue weighted by molar-refractivity contribution is 5.95. The molecule has 1 unspecified atom stereocenters. The summed E-state index contributed by atoms with van der Waals surface area (Å²) in [5.74, 6) is 1.50. The van der Waals surface area contributed by atoms with Crippen LogP contribution in [0.25, 0.3) is 17.2 Å². The monoisotopic (exact) mass is 454 g/mol. The van der Waals surface area contributed by atoms with E-state index in [4.69, 9.17) is 9.84 Å². The Bertz CT molecular complexity index is 1340. The lowest BCUT2D eigenvalue weighted by Crippen LogP contribution is -2.25. The van der Waals surface area contributed by atoms with E-state index in [0.717, 1.165) is 28.1 Å². The molecule has 0 radical (unpaired) electrons. The van der Waals surface area contributed by atoms with Crippen molar-refractivity contribution in [1.29, 1.82) is 0 Å². The zero-order chi connectivity index (χ0) is 23.8. The van der Waals surface area contributed by atoms with E-state index in [2.05, 4.69) is 20.5 Å². The molecule has 8 nitrogen and oxygen atoms in total. The third-order valence-electron chi connectivity index (χ3n) is 5.84. The average molecular weight is 455 g/mol. The maximum atomic E-state index is 12.7. The predicted octanol–water partition coefficient (Wildman–Crippen LogP) is 4.60. The van der Waals surface area contributed by atoms with Gasteiger partial charge in [-0.1, -0.05) is 42.0 Å². The fourth-order valence-electron chi connectivity index (χ4n) is 4.27. The molecule has 0 saturated carbocycles. The molecular weight excluding hydrogens is 428 g/mol. The minimum atomic E-state index is -0.126. The van der Waals surface area contributed by atoms with Crippen LogP contribution in [0.15, 0.2) is 54.7 Å². The predicted molar refractivity (Wildman–Crippen MR) is 129 cm³/mol. The number of aryl methyl sites for hydroxylation is 2. The second-order valence-corrected chi connectivity index (χ2v) is 8.81. The Labute approximate surface area is 198 Å². The van der Waals surface area contributed by atoms with Crippen LogP contribution in [-0.4, -0.2) is 37.0 Å². The number of amides is 1. The van der Waals surface area contributed by atoms with Crippen LogP contribution in [0, 0.1) is 13.8 Å². The Morgan fingerprint density at radius 2 is 1.79 bits per heavy atom. The highest BCUT2D eigenvalue weighted by atomic mass is 16.5. The number of hydrogen-bond acceptors (Lipinski definition) is 6. The van der Waals surface area contributed by atoms with Crippen LogP contribution < -0.4 is 10.1 Å². The molecule has 2 aromatic carbocycles. The fourth-order valence-corrected chi connectivity index (χ4v) is 4.27. The van der Waals surface area contributed by atoms with Crippen molar-refractivity contribution in [1.82, 2.24) is 25.0 Å². The topological polar surface area (TPSA) is 94.8 Å². The molecule has 0 aliphatic carbocycles. The van der Waals surface area contributed by atoms with Crippen LogP contribution in [-0.2, 0) is 4.79 Å². The maximum absolute atomic E-state index is 12.7. The van der Waals surface area contributed by atoms with Gasteiger partial charge < -0.3 is 10.1 Å². The van der Waals surface area contributed by atoms with E-state index >= 15 is 0 Å². The Morgan fingerprint density at radius 1 is 1.06 bits per heavy atom. The first kappa shape index (κ1) is 21.8. The van der Waals surface area contributed by atoms with E-state index in [1.807, 2.05) is 76.2 Å². The second-order valence-electron chi connectivity index (χ2n) is 8.81. The summed E-state index contributed by atoms with van der Waals surface area (Å²) in [4.78, 5) is 17.4. The minimum Gasteiger partial charge on any atom is -0.491 e. The van der Waals surface area contributed by atoms with E-state index in [1.54, 1.807) is 10.9 Å². The third-order valence-corrected chi connectivity index (χ3v) is 5.84. The summed E-state index contributed by atoms with van der Waals surface area (Å²) in [7, 11) is 0. The smallest absolute Gasteiger partial charge is 0.272 e. The van der Waals surface area contributed by atoms with Crippen LogP contribution in [0.4, 0.5) is 5.82 Å². The Balaban J connectivity index is 1.54. The molecular formula is C26H26N6O2. The van der Waals surface area contributed by atoms with Crippen molar-refractivity contribution >= 4 is 11.7 Å². The van der Waals surface area contributed by atoms with E-state index in [9.17, 15) is 4.79 Å². The molecule has 3 heterocycles. The highest BCUT2D eigenvalue weighted by Gasteiger charge is 2.33. The number of hydrogen-bond donors (Lipinski definition) is 1. The zero-order valence-electron chi connectivity index (χ0n) is 19.6. The fraction of sp³-hybridized carbons (Fsp3) is 0.269. The largest absolute Gasteiger partial charge is 0.491 e. The van der Waals surface area contributed by atoms with Crippen molar-refractivity contribution in [2.24, 2.45) is 0 Å². The molecule has 1 N–H and O–H groups in total. The molecule has 34 heavy (non-hydrogen) atoms. The van der Waals surface area contributed by atoms with Gasteiger partial charge in [0, 0.05) is 23.5 Å². The summed E-state index contributed by atoms with van der Waals surface area (Å²) in [6.45, 7) is 7.96. The summed E-state index contributed by atoms with van der Waals surface area (Å²) >= 11 is 0. The van der Waals surface area contributed by atoms with Crippen LogP contribution in [0.5, 0.6) is 5.75 Å².